The van der Waals surface area contributed by atoms with Gasteiger partial charge in [0.1, 0.15) is 0 Å². The first-order valence-corrected chi connectivity index (χ1v) is 8.36. The maximum absolute atomic E-state index is 12.1. The maximum atomic E-state index is 12.1. The Hall–Kier alpha value is -1.56. The van der Waals surface area contributed by atoms with Gasteiger partial charge in [0.25, 0.3) is 5.91 Å². The molecule has 6 heteroatoms. The van der Waals surface area contributed by atoms with Crippen LogP contribution in [0.3, 0.4) is 0 Å². The minimum absolute atomic E-state index is 0.0146. The summed E-state index contributed by atoms with van der Waals surface area (Å²) >= 11 is 0. The molecule has 1 N–H and O–H groups in total. The first-order chi connectivity index (χ1) is 9.40. The summed E-state index contributed by atoms with van der Waals surface area (Å²) in [7, 11) is -3.35. The summed E-state index contributed by atoms with van der Waals surface area (Å²) in [6.07, 6.45) is 2.11. The van der Waals surface area contributed by atoms with Crippen molar-refractivity contribution in [3.05, 3.63) is 29.8 Å². The van der Waals surface area contributed by atoms with Crippen molar-refractivity contribution in [2.75, 3.05) is 17.8 Å². The molecule has 0 spiro atoms. The average molecular weight is 296 g/mol. The lowest BCUT2D eigenvalue weighted by Crippen LogP contribution is -2.27. The zero-order chi connectivity index (χ0) is 14.8. The van der Waals surface area contributed by atoms with E-state index < -0.39 is 15.3 Å². The molecule has 1 amide bonds. The number of hydrogen-bond donors (Lipinski definition) is 1. The number of sulfonamides is 1. The third-order valence-corrected chi connectivity index (χ3v) is 5.17. The Morgan fingerprint density at radius 3 is 2.20 bits per heavy atom. The van der Waals surface area contributed by atoms with E-state index in [1.165, 1.54) is 0 Å². The Kier molecular flexibility index (Phi) is 4.32. The molecule has 1 saturated heterocycles. The lowest BCUT2D eigenvalue weighted by Gasteiger charge is -2.15. The molecule has 20 heavy (non-hydrogen) atoms. The lowest BCUT2D eigenvalue weighted by molar-refractivity contribution is 0.0793. The van der Waals surface area contributed by atoms with E-state index in [9.17, 15) is 13.2 Å². The van der Waals surface area contributed by atoms with Gasteiger partial charge in [-0.25, -0.2) is 8.42 Å². The normalized spacial score (nSPS) is 15.7. The minimum atomic E-state index is -3.35. The van der Waals surface area contributed by atoms with E-state index in [4.69, 9.17) is 0 Å². The number of anilines is 1. The van der Waals surface area contributed by atoms with E-state index in [0.29, 0.717) is 11.3 Å². The Morgan fingerprint density at radius 1 is 1.15 bits per heavy atom. The average Bonchev–Trinajstić information content (AvgIpc) is 2.92. The van der Waals surface area contributed by atoms with Crippen molar-refractivity contribution in [3.8, 4) is 0 Å². The van der Waals surface area contributed by atoms with Crippen molar-refractivity contribution in [1.29, 1.82) is 0 Å². The quantitative estimate of drug-likeness (QED) is 0.925. The van der Waals surface area contributed by atoms with Crippen LogP contribution < -0.4 is 4.72 Å². The molecule has 1 aromatic rings. The lowest BCUT2D eigenvalue weighted by atomic mass is 10.2. The zero-order valence-corrected chi connectivity index (χ0v) is 12.6. The van der Waals surface area contributed by atoms with Crippen LogP contribution in [0.4, 0.5) is 5.69 Å². The van der Waals surface area contributed by atoms with Crippen LogP contribution in [0.15, 0.2) is 24.3 Å². The number of benzene rings is 1. The second-order valence-corrected chi connectivity index (χ2v) is 7.51. The van der Waals surface area contributed by atoms with Crippen molar-refractivity contribution in [1.82, 2.24) is 4.90 Å². The van der Waals surface area contributed by atoms with Gasteiger partial charge in [0.05, 0.1) is 5.25 Å². The van der Waals surface area contributed by atoms with Crippen molar-refractivity contribution in [3.63, 3.8) is 0 Å². The highest BCUT2D eigenvalue weighted by Crippen LogP contribution is 2.17. The second-order valence-electron chi connectivity index (χ2n) is 5.27. The standard InChI is InChI=1S/C14H20N2O3S/c1-11(2)20(18,19)15-13-7-5-12(6-8-13)14(17)16-9-3-4-10-16/h5-8,11,15H,3-4,9-10H2,1-2H3. The van der Waals surface area contributed by atoms with Crippen LogP contribution in [0.5, 0.6) is 0 Å². The van der Waals surface area contributed by atoms with Gasteiger partial charge >= 0.3 is 0 Å². The summed E-state index contributed by atoms with van der Waals surface area (Å²) in [6, 6.07) is 6.59. The molecule has 1 heterocycles. The first kappa shape index (κ1) is 14.8. The van der Waals surface area contributed by atoms with Gasteiger partial charge in [-0.1, -0.05) is 0 Å². The molecule has 0 bridgehead atoms. The largest absolute Gasteiger partial charge is 0.339 e. The molecule has 0 unspecified atom stereocenters. The van der Waals surface area contributed by atoms with Gasteiger partial charge in [-0.3, -0.25) is 9.52 Å². The van der Waals surface area contributed by atoms with Gasteiger partial charge in [-0.15, -0.1) is 0 Å². The Morgan fingerprint density at radius 2 is 1.70 bits per heavy atom. The first-order valence-electron chi connectivity index (χ1n) is 6.81. The highest BCUT2D eigenvalue weighted by molar-refractivity contribution is 7.93. The number of likely N-dealkylation sites (tertiary alicyclic amines) is 1. The summed E-state index contributed by atoms with van der Waals surface area (Å²) in [5, 5.41) is -0.492. The van der Waals surface area contributed by atoms with Crippen LogP contribution in [-0.4, -0.2) is 37.6 Å². The van der Waals surface area contributed by atoms with Crippen LogP contribution in [-0.2, 0) is 10.0 Å². The topological polar surface area (TPSA) is 66.5 Å². The fourth-order valence-electron chi connectivity index (χ4n) is 2.07. The number of carbonyl (C=O) groups excluding carboxylic acids is 1. The van der Waals surface area contributed by atoms with Crippen molar-refractivity contribution in [2.24, 2.45) is 0 Å². The van der Waals surface area contributed by atoms with E-state index in [-0.39, 0.29) is 5.91 Å². The van der Waals surface area contributed by atoms with Crippen molar-refractivity contribution < 1.29 is 13.2 Å². The highest BCUT2D eigenvalue weighted by atomic mass is 32.2. The molecular formula is C14H20N2O3S. The molecular weight excluding hydrogens is 276 g/mol. The fourth-order valence-corrected chi connectivity index (χ4v) is 2.77. The molecule has 1 aromatic carbocycles. The molecule has 0 aromatic heterocycles. The highest BCUT2D eigenvalue weighted by Gasteiger charge is 2.20. The number of hydrogen-bond acceptors (Lipinski definition) is 3. The Bertz CT molecular complexity index is 573. The van der Waals surface area contributed by atoms with Gasteiger partial charge in [-0.2, -0.15) is 0 Å². The number of nitrogens with zero attached hydrogens (tertiary/aromatic N) is 1. The van der Waals surface area contributed by atoms with Crippen LogP contribution in [0, 0.1) is 0 Å². The summed E-state index contributed by atoms with van der Waals surface area (Å²) in [5.74, 6) is 0.0146. The maximum Gasteiger partial charge on any atom is 0.253 e. The van der Waals surface area contributed by atoms with Crippen molar-refractivity contribution in [2.45, 2.75) is 31.9 Å². The molecule has 1 aliphatic heterocycles. The van der Waals surface area contributed by atoms with E-state index in [1.807, 2.05) is 4.90 Å². The van der Waals surface area contributed by atoms with Crippen molar-refractivity contribution >= 4 is 21.6 Å². The summed E-state index contributed by atoms with van der Waals surface area (Å²) in [6.45, 7) is 4.85. The molecule has 0 aliphatic carbocycles. The van der Waals surface area contributed by atoms with E-state index in [1.54, 1.807) is 38.1 Å². The number of amides is 1. The van der Waals surface area contributed by atoms with E-state index in [2.05, 4.69) is 4.72 Å². The molecule has 2 rings (SSSR count). The van der Waals surface area contributed by atoms with E-state index in [0.717, 1.165) is 25.9 Å². The van der Waals surface area contributed by atoms with Gasteiger partial charge in [0.15, 0.2) is 0 Å². The Balaban J connectivity index is 2.08. The third-order valence-electron chi connectivity index (χ3n) is 3.41. The van der Waals surface area contributed by atoms with Crippen LogP contribution in [0.25, 0.3) is 0 Å². The predicted molar refractivity (Wildman–Crippen MR) is 79.3 cm³/mol. The van der Waals surface area contributed by atoms with E-state index >= 15 is 0 Å². The number of carbonyl (C=O) groups is 1. The molecule has 1 fully saturated rings. The smallest absolute Gasteiger partial charge is 0.253 e. The molecule has 1 aliphatic rings. The molecule has 0 radical (unpaired) electrons. The Labute approximate surface area is 120 Å². The van der Waals surface area contributed by atoms with Crippen LogP contribution in [0.1, 0.15) is 37.0 Å². The molecule has 0 atom stereocenters. The van der Waals surface area contributed by atoms with Crippen LogP contribution in [0.2, 0.25) is 0 Å². The summed E-state index contributed by atoms with van der Waals surface area (Å²) < 4.78 is 26.0. The molecule has 110 valence electrons. The second kappa shape index (κ2) is 5.83. The fraction of sp³-hybridized carbons (Fsp3) is 0.500. The minimum Gasteiger partial charge on any atom is -0.339 e. The van der Waals surface area contributed by atoms with Gasteiger partial charge < -0.3 is 4.90 Å². The summed E-state index contributed by atoms with van der Waals surface area (Å²) in [5.41, 5.74) is 1.08. The zero-order valence-electron chi connectivity index (χ0n) is 11.8. The summed E-state index contributed by atoms with van der Waals surface area (Å²) in [4.78, 5) is 14.0. The number of rotatable bonds is 4. The monoisotopic (exact) mass is 296 g/mol. The third kappa shape index (κ3) is 3.30. The van der Waals surface area contributed by atoms with Crippen LogP contribution >= 0.6 is 0 Å². The SMILES string of the molecule is CC(C)S(=O)(=O)Nc1ccc(C(=O)N2CCCC2)cc1. The molecule has 0 saturated carbocycles. The molecule has 5 nitrogen and oxygen atoms in total. The van der Waals surface area contributed by atoms with Gasteiger partial charge in [0.2, 0.25) is 10.0 Å². The van der Waals surface area contributed by atoms with Gasteiger partial charge in [-0.05, 0) is 51.0 Å². The predicted octanol–water partition coefficient (Wildman–Crippen LogP) is 2.07. The number of nitrogens with one attached hydrogen (secondary N) is 1. The van der Waals surface area contributed by atoms with Gasteiger partial charge in [0, 0.05) is 24.3 Å².